The number of hydrogen-bond donors (Lipinski definition) is 1. The van der Waals surface area contributed by atoms with Gasteiger partial charge in [-0.2, -0.15) is 18.4 Å². The maximum absolute atomic E-state index is 13.4. The summed E-state index contributed by atoms with van der Waals surface area (Å²) in [6, 6.07) is 1.71. The van der Waals surface area contributed by atoms with E-state index in [0.717, 1.165) is 0 Å². The number of aromatic amines is 1. The molecule has 24 heavy (non-hydrogen) atoms. The first kappa shape index (κ1) is 16.9. The molecule has 3 heterocycles. The van der Waals surface area contributed by atoms with E-state index in [1.165, 1.54) is 0 Å². The van der Waals surface area contributed by atoms with E-state index in [1.807, 2.05) is 18.7 Å². The lowest BCUT2D eigenvalue weighted by Crippen LogP contribution is -2.23. The number of H-pyrrole nitrogens is 1. The molecule has 1 fully saturated rings. The maximum Gasteiger partial charge on any atom is 0.434 e. The molecular formula is C16H16ClF3N4. The molecule has 1 N–H and O–H groups in total. The smallest absolute Gasteiger partial charge is 0.368 e. The third kappa shape index (κ3) is 2.49. The molecule has 1 aliphatic rings. The summed E-state index contributed by atoms with van der Waals surface area (Å²) < 4.78 is 40.3. The fraction of sp³-hybridized carbons (Fsp3) is 0.500. The summed E-state index contributed by atoms with van der Waals surface area (Å²) in [7, 11) is 0. The molecule has 0 saturated carbocycles. The number of hydrogen-bond acceptors (Lipinski definition) is 3. The Kier molecular flexibility index (Phi) is 3.91. The molecule has 1 aliphatic heterocycles. The second kappa shape index (κ2) is 5.55. The summed E-state index contributed by atoms with van der Waals surface area (Å²) in [5.41, 5.74) is -0.397. The van der Waals surface area contributed by atoms with Gasteiger partial charge in [-0.1, -0.05) is 25.4 Å². The van der Waals surface area contributed by atoms with Crippen molar-refractivity contribution in [2.24, 2.45) is 11.8 Å². The molecule has 2 aromatic rings. The predicted molar refractivity (Wildman–Crippen MR) is 86.1 cm³/mol. The van der Waals surface area contributed by atoms with Crippen molar-refractivity contribution in [1.29, 1.82) is 5.26 Å². The molecule has 1 saturated heterocycles. The first-order valence-electron chi connectivity index (χ1n) is 7.59. The zero-order valence-corrected chi connectivity index (χ0v) is 14.2. The number of nitrogens with zero attached hydrogens (tertiary/aromatic N) is 3. The molecule has 3 rings (SSSR count). The number of halogens is 4. The van der Waals surface area contributed by atoms with Crippen LogP contribution in [-0.2, 0) is 6.18 Å². The Morgan fingerprint density at radius 3 is 2.38 bits per heavy atom. The van der Waals surface area contributed by atoms with Crippen molar-refractivity contribution < 1.29 is 13.2 Å². The highest BCUT2D eigenvalue weighted by Gasteiger charge is 2.40. The molecule has 2 aromatic heterocycles. The molecule has 4 nitrogen and oxygen atoms in total. The van der Waals surface area contributed by atoms with Crippen LogP contribution in [0.5, 0.6) is 0 Å². The van der Waals surface area contributed by atoms with Crippen LogP contribution in [-0.4, -0.2) is 23.1 Å². The lowest BCUT2D eigenvalue weighted by molar-refractivity contribution is -0.141. The number of aromatic nitrogens is 2. The normalized spacial score (nSPS) is 21.5. The molecule has 0 spiro atoms. The Bertz CT molecular complexity index is 840. The van der Waals surface area contributed by atoms with E-state index in [0.29, 0.717) is 36.1 Å². The molecular weight excluding hydrogens is 341 g/mol. The van der Waals surface area contributed by atoms with Crippen molar-refractivity contribution in [3.63, 3.8) is 0 Å². The molecule has 2 atom stereocenters. The van der Waals surface area contributed by atoms with Gasteiger partial charge in [0.2, 0.25) is 0 Å². The first-order valence-corrected chi connectivity index (χ1v) is 7.97. The number of aryl methyl sites for hydroxylation is 1. The summed E-state index contributed by atoms with van der Waals surface area (Å²) >= 11 is 6.13. The highest BCUT2D eigenvalue weighted by Crippen LogP contribution is 2.42. The van der Waals surface area contributed by atoms with E-state index in [2.05, 4.69) is 9.97 Å². The van der Waals surface area contributed by atoms with Crippen molar-refractivity contribution >= 4 is 28.3 Å². The van der Waals surface area contributed by atoms with E-state index >= 15 is 0 Å². The number of nitriles is 1. The van der Waals surface area contributed by atoms with Gasteiger partial charge in [0.15, 0.2) is 5.69 Å². The minimum atomic E-state index is -4.72. The number of anilines is 1. The van der Waals surface area contributed by atoms with E-state index < -0.39 is 17.4 Å². The monoisotopic (exact) mass is 356 g/mol. The maximum atomic E-state index is 13.4. The van der Waals surface area contributed by atoms with Crippen molar-refractivity contribution in [2.45, 2.75) is 26.9 Å². The SMILES string of the molecule is Cc1[nH]c2c(N3C[C@@H](C)[C@@H](C)C3)c(C#N)c(C(F)(F)F)nc2c1Cl. The lowest BCUT2D eigenvalue weighted by atomic mass is 10.0. The zero-order chi connectivity index (χ0) is 17.8. The van der Waals surface area contributed by atoms with Crippen LogP contribution < -0.4 is 4.90 Å². The van der Waals surface area contributed by atoms with Crippen LogP contribution in [0.1, 0.15) is 30.8 Å². The van der Waals surface area contributed by atoms with Gasteiger partial charge in [0.25, 0.3) is 0 Å². The average molecular weight is 357 g/mol. The molecule has 8 heteroatoms. The quantitative estimate of drug-likeness (QED) is 0.818. The zero-order valence-electron chi connectivity index (χ0n) is 13.4. The van der Waals surface area contributed by atoms with Crippen molar-refractivity contribution in [3.8, 4) is 6.07 Å². The summed E-state index contributed by atoms with van der Waals surface area (Å²) in [4.78, 5) is 8.50. The topological polar surface area (TPSA) is 55.7 Å². The summed E-state index contributed by atoms with van der Waals surface area (Å²) in [5, 5.41) is 9.58. The van der Waals surface area contributed by atoms with Gasteiger partial charge in [-0.15, -0.1) is 0 Å². The van der Waals surface area contributed by atoms with Gasteiger partial charge >= 0.3 is 6.18 Å². The fourth-order valence-corrected chi connectivity index (χ4v) is 3.39. The van der Waals surface area contributed by atoms with Crippen LogP contribution in [0.3, 0.4) is 0 Å². The minimum Gasteiger partial charge on any atom is -0.368 e. The molecule has 0 unspecified atom stereocenters. The van der Waals surface area contributed by atoms with Crippen LogP contribution in [0, 0.1) is 30.1 Å². The standard InChI is InChI=1S/C16H16ClF3N4/c1-7-5-24(6-8(7)2)14-10(4-21)15(16(18,19)20)23-12-11(17)9(3)22-13(12)14/h7-8,22H,5-6H2,1-3H3/t7-,8+. The highest BCUT2D eigenvalue weighted by molar-refractivity contribution is 6.36. The van der Waals surface area contributed by atoms with Gasteiger partial charge < -0.3 is 9.88 Å². The molecule has 0 radical (unpaired) electrons. The number of rotatable bonds is 1. The molecule has 0 amide bonds. The van der Waals surface area contributed by atoms with Crippen LogP contribution in [0.15, 0.2) is 0 Å². The summed E-state index contributed by atoms with van der Waals surface area (Å²) in [6.07, 6.45) is -4.72. The van der Waals surface area contributed by atoms with Crippen molar-refractivity contribution in [3.05, 3.63) is 22.0 Å². The Hall–Kier alpha value is -1.94. The van der Waals surface area contributed by atoms with Gasteiger partial charge in [0, 0.05) is 18.8 Å². The van der Waals surface area contributed by atoms with Gasteiger partial charge in [-0.05, 0) is 18.8 Å². The van der Waals surface area contributed by atoms with Gasteiger partial charge in [-0.25, -0.2) is 4.98 Å². The van der Waals surface area contributed by atoms with E-state index in [9.17, 15) is 18.4 Å². The Morgan fingerprint density at radius 1 is 1.29 bits per heavy atom. The second-order valence-corrected chi connectivity index (χ2v) is 6.82. The van der Waals surface area contributed by atoms with Gasteiger partial charge in [0.1, 0.15) is 17.1 Å². The second-order valence-electron chi connectivity index (χ2n) is 6.44. The van der Waals surface area contributed by atoms with Crippen LogP contribution in [0.4, 0.5) is 18.9 Å². The lowest BCUT2D eigenvalue weighted by Gasteiger charge is -2.22. The van der Waals surface area contributed by atoms with Crippen LogP contribution >= 0.6 is 11.6 Å². The number of alkyl halides is 3. The Labute approximate surface area is 142 Å². The average Bonchev–Trinajstić information content (AvgIpc) is 2.97. The Morgan fingerprint density at radius 2 is 1.88 bits per heavy atom. The number of nitrogens with one attached hydrogen (secondary N) is 1. The van der Waals surface area contributed by atoms with Gasteiger partial charge in [-0.3, -0.25) is 0 Å². The molecule has 0 aromatic carbocycles. The van der Waals surface area contributed by atoms with Crippen LogP contribution in [0.2, 0.25) is 5.02 Å². The fourth-order valence-electron chi connectivity index (χ4n) is 3.21. The van der Waals surface area contributed by atoms with E-state index in [4.69, 9.17) is 11.6 Å². The predicted octanol–water partition coefficient (Wildman–Crippen LogP) is 4.51. The molecule has 0 aliphatic carbocycles. The van der Waals surface area contributed by atoms with Gasteiger partial charge in [0.05, 0.1) is 16.2 Å². The third-order valence-corrected chi connectivity index (χ3v) is 5.17. The van der Waals surface area contributed by atoms with Crippen LogP contribution in [0.25, 0.3) is 11.0 Å². The third-order valence-electron chi connectivity index (χ3n) is 4.71. The largest absolute Gasteiger partial charge is 0.434 e. The number of pyridine rings is 1. The first-order chi connectivity index (χ1) is 11.1. The summed E-state index contributed by atoms with van der Waals surface area (Å²) in [6.45, 7) is 6.94. The van der Waals surface area contributed by atoms with Crippen molar-refractivity contribution in [2.75, 3.05) is 18.0 Å². The number of fused-ring (bicyclic) bond motifs is 1. The highest BCUT2D eigenvalue weighted by atomic mass is 35.5. The minimum absolute atomic E-state index is 0.0581. The molecule has 0 bridgehead atoms. The van der Waals surface area contributed by atoms with Crippen molar-refractivity contribution in [1.82, 2.24) is 9.97 Å². The van der Waals surface area contributed by atoms with E-state index in [1.54, 1.807) is 13.0 Å². The summed E-state index contributed by atoms with van der Waals surface area (Å²) in [5.74, 6) is 0.640. The molecule has 128 valence electrons. The van der Waals surface area contributed by atoms with E-state index in [-0.39, 0.29) is 16.2 Å². The Balaban J connectivity index is 2.37.